The van der Waals surface area contributed by atoms with E-state index in [1.807, 2.05) is 37.3 Å². The van der Waals surface area contributed by atoms with Crippen molar-refractivity contribution < 1.29 is 13.9 Å². The number of hydrogen-bond donors (Lipinski definition) is 2. The van der Waals surface area contributed by atoms with E-state index in [1.165, 1.54) is 25.3 Å². The zero-order chi connectivity index (χ0) is 20.8. The van der Waals surface area contributed by atoms with E-state index < -0.39 is 0 Å². The Kier molecular flexibility index (Phi) is 10.8. The van der Waals surface area contributed by atoms with E-state index >= 15 is 0 Å². The van der Waals surface area contributed by atoms with E-state index in [-0.39, 0.29) is 17.6 Å². The van der Waals surface area contributed by atoms with Gasteiger partial charge in [0.15, 0.2) is 5.88 Å². The first-order chi connectivity index (χ1) is 13.4. The van der Waals surface area contributed by atoms with E-state index in [0.29, 0.717) is 19.0 Å². The Labute approximate surface area is 167 Å². The number of ether oxygens (including phenoxy) is 1. The van der Waals surface area contributed by atoms with Crippen LogP contribution in [0.1, 0.15) is 25.0 Å². The second kappa shape index (κ2) is 13.1. The highest BCUT2D eigenvalue weighted by molar-refractivity contribution is 5.77. The lowest BCUT2D eigenvalue weighted by atomic mass is 10.1. The Morgan fingerprint density at radius 3 is 2.32 bits per heavy atom. The molecule has 0 aromatic heterocycles. The Balaban J connectivity index is 0.000000480. The van der Waals surface area contributed by atoms with Gasteiger partial charge in [-0.05, 0) is 56.3 Å². The summed E-state index contributed by atoms with van der Waals surface area (Å²) in [5, 5.41) is 5.86. The lowest BCUT2D eigenvalue weighted by Crippen LogP contribution is -2.28. The summed E-state index contributed by atoms with van der Waals surface area (Å²) in [7, 11) is 0. The average Bonchev–Trinajstić information content (AvgIpc) is 2.68. The molecule has 0 heterocycles. The second-order valence-corrected chi connectivity index (χ2v) is 6.36. The van der Waals surface area contributed by atoms with Gasteiger partial charge in [0.1, 0.15) is 18.2 Å². The molecule has 4 nitrogen and oxygen atoms in total. The Bertz CT molecular complexity index is 730. The van der Waals surface area contributed by atoms with Gasteiger partial charge in [0, 0.05) is 6.04 Å². The summed E-state index contributed by atoms with van der Waals surface area (Å²) < 4.78 is 18.4. The first kappa shape index (κ1) is 23.0. The SMILES string of the molecule is C=C(NC(C)Cc1ccc(F)cc1)OCc1ccccc1.C=CNCC(C)=O. The second-order valence-electron chi connectivity index (χ2n) is 6.36. The van der Waals surface area contributed by atoms with Crippen molar-refractivity contribution >= 4 is 5.78 Å². The Morgan fingerprint density at radius 2 is 1.79 bits per heavy atom. The molecule has 0 fully saturated rings. The van der Waals surface area contributed by atoms with Crippen molar-refractivity contribution in [1.82, 2.24) is 10.6 Å². The van der Waals surface area contributed by atoms with Crippen molar-refractivity contribution in [2.45, 2.75) is 32.9 Å². The minimum absolute atomic E-state index is 0.125. The summed E-state index contributed by atoms with van der Waals surface area (Å²) in [6.07, 6.45) is 2.29. The summed E-state index contributed by atoms with van der Waals surface area (Å²) >= 11 is 0. The molecule has 0 spiro atoms. The van der Waals surface area contributed by atoms with Crippen LogP contribution in [0.3, 0.4) is 0 Å². The van der Waals surface area contributed by atoms with Gasteiger partial charge in [0.2, 0.25) is 0 Å². The van der Waals surface area contributed by atoms with Crippen molar-refractivity contribution in [1.29, 1.82) is 0 Å². The Morgan fingerprint density at radius 1 is 1.14 bits per heavy atom. The number of rotatable bonds is 10. The molecule has 0 bridgehead atoms. The number of nitrogens with one attached hydrogen (secondary N) is 2. The quantitative estimate of drug-likeness (QED) is 0.598. The third-order valence-electron chi connectivity index (χ3n) is 3.61. The zero-order valence-electron chi connectivity index (χ0n) is 16.6. The molecule has 28 heavy (non-hydrogen) atoms. The van der Waals surface area contributed by atoms with Crippen LogP contribution < -0.4 is 10.6 Å². The normalized spacial score (nSPS) is 10.7. The average molecular weight is 384 g/mol. The maximum Gasteiger partial charge on any atom is 0.179 e. The maximum absolute atomic E-state index is 12.8. The van der Waals surface area contributed by atoms with Crippen LogP contribution in [-0.4, -0.2) is 18.4 Å². The highest BCUT2D eigenvalue weighted by Crippen LogP contribution is 2.08. The number of Topliss-reactive ketones (excluding diaryl/α,β-unsaturated/α-hetero) is 1. The molecule has 2 rings (SSSR count). The molecule has 0 saturated carbocycles. The maximum atomic E-state index is 12.8. The molecule has 1 atom stereocenters. The lowest BCUT2D eigenvalue weighted by molar-refractivity contribution is -0.116. The topological polar surface area (TPSA) is 50.4 Å². The fourth-order valence-corrected chi connectivity index (χ4v) is 2.30. The molecule has 5 heteroatoms. The van der Waals surface area contributed by atoms with Gasteiger partial charge < -0.3 is 15.4 Å². The number of benzene rings is 2. The van der Waals surface area contributed by atoms with Crippen molar-refractivity contribution in [2.24, 2.45) is 0 Å². The molecule has 0 radical (unpaired) electrons. The van der Waals surface area contributed by atoms with Gasteiger partial charge in [-0.25, -0.2) is 4.39 Å². The largest absolute Gasteiger partial charge is 0.475 e. The standard InChI is InChI=1S/C18H20FNO.C5H9NO/c1-14(12-16-8-10-18(19)11-9-16)20-15(2)21-13-17-6-4-3-5-7-17;1-3-6-4-5(2)7/h3-11,14,20H,2,12-13H2,1H3;3,6H,1,4H2,2H3. The lowest BCUT2D eigenvalue weighted by Gasteiger charge is -2.17. The number of carbonyl (C=O) groups is 1. The van der Waals surface area contributed by atoms with Crippen LogP contribution in [-0.2, 0) is 22.6 Å². The fourth-order valence-electron chi connectivity index (χ4n) is 2.30. The van der Waals surface area contributed by atoms with Gasteiger partial charge >= 0.3 is 0 Å². The van der Waals surface area contributed by atoms with Gasteiger partial charge in [-0.2, -0.15) is 0 Å². The van der Waals surface area contributed by atoms with E-state index in [1.54, 1.807) is 12.1 Å². The molecule has 1 unspecified atom stereocenters. The highest BCUT2D eigenvalue weighted by atomic mass is 19.1. The molecule has 150 valence electrons. The molecular weight excluding hydrogens is 355 g/mol. The summed E-state index contributed by atoms with van der Waals surface area (Å²) in [6, 6.07) is 16.6. The monoisotopic (exact) mass is 384 g/mol. The summed E-state index contributed by atoms with van der Waals surface area (Å²) in [5.74, 6) is 0.461. The van der Waals surface area contributed by atoms with Crippen LogP contribution in [0.4, 0.5) is 4.39 Å². The summed E-state index contributed by atoms with van der Waals surface area (Å²) in [6.45, 7) is 11.7. The van der Waals surface area contributed by atoms with Crippen LogP contribution in [0, 0.1) is 5.82 Å². The van der Waals surface area contributed by atoms with E-state index in [9.17, 15) is 9.18 Å². The molecule has 0 aliphatic rings. The first-order valence-electron chi connectivity index (χ1n) is 9.11. The van der Waals surface area contributed by atoms with Crippen LogP contribution in [0.25, 0.3) is 0 Å². The smallest absolute Gasteiger partial charge is 0.179 e. The van der Waals surface area contributed by atoms with Crippen LogP contribution in [0.5, 0.6) is 0 Å². The number of ketones is 1. The van der Waals surface area contributed by atoms with Crippen molar-refractivity contribution in [3.05, 3.63) is 96.8 Å². The van der Waals surface area contributed by atoms with E-state index in [4.69, 9.17) is 4.74 Å². The van der Waals surface area contributed by atoms with Gasteiger partial charge in [-0.15, -0.1) is 0 Å². The fraction of sp³-hybridized carbons (Fsp3) is 0.261. The van der Waals surface area contributed by atoms with Crippen molar-refractivity contribution in [3.8, 4) is 0 Å². The van der Waals surface area contributed by atoms with E-state index in [2.05, 4.69) is 23.8 Å². The molecule has 0 aliphatic carbocycles. The van der Waals surface area contributed by atoms with Gasteiger partial charge in [-0.1, -0.05) is 49.0 Å². The van der Waals surface area contributed by atoms with E-state index in [0.717, 1.165) is 17.5 Å². The minimum Gasteiger partial charge on any atom is -0.475 e. The molecule has 0 saturated heterocycles. The number of halogens is 1. The molecule has 2 aromatic carbocycles. The summed E-state index contributed by atoms with van der Waals surface area (Å²) in [5.41, 5.74) is 2.18. The number of carbonyl (C=O) groups excluding carboxylic acids is 1. The van der Waals surface area contributed by atoms with Crippen LogP contribution in [0.2, 0.25) is 0 Å². The Hall–Kier alpha value is -3.08. The van der Waals surface area contributed by atoms with Crippen molar-refractivity contribution in [3.63, 3.8) is 0 Å². The number of hydrogen-bond acceptors (Lipinski definition) is 4. The predicted octanol–water partition coefficient (Wildman–Crippen LogP) is 4.34. The van der Waals surface area contributed by atoms with Gasteiger partial charge in [-0.3, -0.25) is 4.79 Å². The molecule has 2 N–H and O–H groups in total. The van der Waals surface area contributed by atoms with Crippen LogP contribution >= 0.6 is 0 Å². The first-order valence-corrected chi connectivity index (χ1v) is 9.11. The van der Waals surface area contributed by atoms with Gasteiger partial charge in [0.05, 0.1) is 6.54 Å². The highest BCUT2D eigenvalue weighted by Gasteiger charge is 2.05. The molecule has 0 aliphatic heterocycles. The van der Waals surface area contributed by atoms with Crippen LogP contribution in [0.15, 0.2) is 79.8 Å². The molecule has 2 aromatic rings. The third kappa shape index (κ3) is 10.8. The minimum atomic E-state index is -0.213. The van der Waals surface area contributed by atoms with Gasteiger partial charge in [0.25, 0.3) is 0 Å². The summed E-state index contributed by atoms with van der Waals surface area (Å²) in [4.78, 5) is 10.1. The zero-order valence-corrected chi connectivity index (χ0v) is 16.6. The predicted molar refractivity (Wildman–Crippen MR) is 112 cm³/mol. The molecular formula is C23H29FN2O2. The molecule has 0 amide bonds. The van der Waals surface area contributed by atoms with Crippen molar-refractivity contribution in [2.75, 3.05) is 6.54 Å². The third-order valence-corrected chi connectivity index (χ3v) is 3.61.